The molecule has 0 saturated carbocycles. The third kappa shape index (κ3) is 5.31. The number of anilines is 1. The molecule has 2 amide bonds. The van der Waals surface area contributed by atoms with E-state index in [2.05, 4.69) is 5.32 Å². The number of alkyl halides is 3. The van der Waals surface area contributed by atoms with Gasteiger partial charge in [0.25, 0.3) is 5.69 Å². The number of nitro groups is 1. The van der Waals surface area contributed by atoms with Crippen molar-refractivity contribution in [2.45, 2.75) is 19.5 Å². The van der Waals surface area contributed by atoms with Crippen LogP contribution in [0.1, 0.15) is 18.9 Å². The van der Waals surface area contributed by atoms with Gasteiger partial charge in [0, 0.05) is 52.1 Å². The molecule has 11 heteroatoms. The van der Waals surface area contributed by atoms with Crippen LogP contribution in [0.2, 0.25) is 0 Å². The zero-order chi connectivity index (χ0) is 20.2. The second-order valence-corrected chi connectivity index (χ2v) is 6.06. The summed E-state index contributed by atoms with van der Waals surface area (Å²) in [6.45, 7) is 2.67. The highest BCUT2D eigenvalue weighted by Crippen LogP contribution is 2.36. The van der Waals surface area contributed by atoms with E-state index in [1.807, 2.05) is 0 Å². The van der Waals surface area contributed by atoms with Crippen LogP contribution in [-0.4, -0.2) is 54.4 Å². The molecule has 1 N–H and O–H groups in total. The minimum absolute atomic E-state index is 0.0957. The van der Waals surface area contributed by atoms with Crippen molar-refractivity contribution in [1.82, 2.24) is 10.2 Å². The SMILES string of the molecule is CC(=O)NCCC(=O)N1CCN(c2ccc(C(F)(F)F)cc2[N+](=O)[O-])CC1. The molecule has 0 aliphatic carbocycles. The molecule has 2 rings (SSSR count). The number of halogens is 3. The maximum Gasteiger partial charge on any atom is 0.416 e. The Balaban J connectivity index is 2.04. The lowest BCUT2D eigenvalue weighted by Crippen LogP contribution is -2.49. The molecule has 0 unspecified atom stereocenters. The Hall–Kier alpha value is -2.85. The molecular formula is C16H19F3N4O4. The van der Waals surface area contributed by atoms with Gasteiger partial charge in [-0.3, -0.25) is 19.7 Å². The molecule has 1 heterocycles. The zero-order valence-electron chi connectivity index (χ0n) is 14.6. The number of hydrogen-bond donors (Lipinski definition) is 1. The minimum atomic E-state index is -4.66. The van der Waals surface area contributed by atoms with Gasteiger partial charge in [-0.25, -0.2) is 0 Å². The van der Waals surface area contributed by atoms with Crippen LogP contribution in [0.4, 0.5) is 24.5 Å². The normalized spacial score (nSPS) is 14.8. The van der Waals surface area contributed by atoms with Crippen molar-refractivity contribution < 1.29 is 27.7 Å². The molecule has 1 saturated heterocycles. The lowest BCUT2D eigenvalue weighted by atomic mass is 10.1. The lowest BCUT2D eigenvalue weighted by Gasteiger charge is -2.36. The topological polar surface area (TPSA) is 95.8 Å². The molecule has 0 aromatic heterocycles. The van der Waals surface area contributed by atoms with E-state index in [0.717, 1.165) is 12.1 Å². The first-order valence-electron chi connectivity index (χ1n) is 8.22. The number of piperazine rings is 1. The van der Waals surface area contributed by atoms with Gasteiger partial charge in [-0.15, -0.1) is 0 Å². The van der Waals surface area contributed by atoms with Gasteiger partial charge in [-0.2, -0.15) is 13.2 Å². The van der Waals surface area contributed by atoms with Gasteiger partial charge in [-0.1, -0.05) is 0 Å². The Labute approximate surface area is 153 Å². The number of benzene rings is 1. The summed E-state index contributed by atoms with van der Waals surface area (Å²) in [7, 11) is 0. The molecule has 0 bridgehead atoms. The van der Waals surface area contributed by atoms with Crippen LogP contribution in [0, 0.1) is 10.1 Å². The molecule has 8 nitrogen and oxygen atoms in total. The molecule has 1 fully saturated rings. The van der Waals surface area contributed by atoms with Crippen LogP contribution in [0.5, 0.6) is 0 Å². The van der Waals surface area contributed by atoms with Gasteiger partial charge in [-0.05, 0) is 12.1 Å². The Morgan fingerprint density at radius 1 is 1.22 bits per heavy atom. The van der Waals surface area contributed by atoms with E-state index in [4.69, 9.17) is 0 Å². The Kier molecular flexibility index (Phi) is 6.24. The largest absolute Gasteiger partial charge is 0.416 e. The Morgan fingerprint density at radius 2 is 1.85 bits per heavy atom. The highest BCUT2D eigenvalue weighted by Gasteiger charge is 2.34. The minimum Gasteiger partial charge on any atom is -0.362 e. The standard InChI is InChI=1S/C16H19F3N4O4/c1-11(24)20-5-4-15(25)22-8-6-21(7-9-22)13-3-2-12(16(17,18)19)10-14(13)23(26)27/h2-3,10H,4-9H2,1H3,(H,20,24). The number of nitrogens with one attached hydrogen (secondary N) is 1. The van der Waals surface area contributed by atoms with Crippen LogP contribution in [0.3, 0.4) is 0 Å². The maximum atomic E-state index is 12.8. The molecule has 0 spiro atoms. The van der Waals surface area contributed by atoms with E-state index in [9.17, 15) is 32.9 Å². The van der Waals surface area contributed by atoms with E-state index >= 15 is 0 Å². The summed E-state index contributed by atoms with van der Waals surface area (Å²) in [4.78, 5) is 36.4. The van der Waals surface area contributed by atoms with Crippen molar-refractivity contribution >= 4 is 23.2 Å². The molecule has 148 valence electrons. The van der Waals surface area contributed by atoms with Crippen LogP contribution in [0.15, 0.2) is 18.2 Å². The lowest BCUT2D eigenvalue weighted by molar-refractivity contribution is -0.384. The number of nitrogens with zero attached hydrogens (tertiary/aromatic N) is 3. The van der Waals surface area contributed by atoms with Crippen molar-refractivity contribution in [3.8, 4) is 0 Å². The molecule has 1 aromatic rings. The summed E-state index contributed by atoms with van der Waals surface area (Å²) in [5.74, 6) is -0.396. The number of hydrogen-bond acceptors (Lipinski definition) is 5. The first-order valence-corrected chi connectivity index (χ1v) is 8.22. The van der Waals surface area contributed by atoms with Crippen LogP contribution in [0.25, 0.3) is 0 Å². The summed E-state index contributed by atoms with van der Waals surface area (Å²) in [6, 6.07) is 2.43. The summed E-state index contributed by atoms with van der Waals surface area (Å²) < 4.78 is 38.4. The van der Waals surface area contributed by atoms with Gasteiger partial charge in [0.05, 0.1) is 10.5 Å². The molecule has 0 radical (unpaired) electrons. The fraction of sp³-hybridized carbons (Fsp3) is 0.500. The number of amides is 2. The van der Waals surface area contributed by atoms with Gasteiger partial charge in [0.2, 0.25) is 11.8 Å². The van der Waals surface area contributed by atoms with Crippen molar-refractivity contribution in [3.63, 3.8) is 0 Å². The van der Waals surface area contributed by atoms with Crippen LogP contribution >= 0.6 is 0 Å². The average molecular weight is 388 g/mol. The Morgan fingerprint density at radius 3 is 2.37 bits per heavy atom. The van der Waals surface area contributed by atoms with Crippen LogP contribution < -0.4 is 10.2 Å². The number of carbonyl (C=O) groups excluding carboxylic acids is 2. The monoisotopic (exact) mass is 388 g/mol. The van der Waals surface area contributed by atoms with E-state index < -0.39 is 22.4 Å². The Bertz CT molecular complexity index is 731. The third-order valence-corrected chi connectivity index (χ3v) is 4.19. The van der Waals surface area contributed by atoms with Crippen molar-refractivity contribution in [3.05, 3.63) is 33.9 Å². The first-order chi connectivity index (χ1) is 12.6. The average Bonchev–Trinajstić information content (AvgIpc) is 2.60. The smallest absolute Gasteiger partial charge is 0.362 e. The molecule has 1 aromatic carbocycles. The van der Waals surface area contributed by atoms with Crippen molar-refractivity contribution in [2.24, 2.45) is 0 Å². The highest BCUT2D eigenvalue weighted by molar-refractivity contribution is 5.78. The third-order valence-electron chi connectivity index (χ3n) is 4.19. The second kappa shape index (κ2) is 8.23. The zero-order valence-corrected chi connectivity index (χ0v) is 14.6. The summed E-state index contributed by atoms with van der Waals surface area (Å²) in [5.41, 5.74) is -1.60. The molecular weight excluding hydrogens is 369 g/mol. The van der Waals surface area contributed by atoms with Crippen LogP contribution in [-0.2, 0) is 15.8 Å². The predicted molar refractivity (Wildman–Crippen MR) is 90.2 cm³/mol. The second-order valence-electron chi connectivity index (χ2n) is 6.06. The quantitative estimate of drug-likeness (QED) is 0.613. The van der Waals surface area contributed by atoms with Crippen molar-refractivity contribution in [2.75, 3.05) is 37.6 Å². The van der Waals surface area contributed by atoms with Gasteiger partial charge in [0.15, 0.2) is 0 Å². The van der Waals surface area contributed by atoms with E-state index in [0.29, 0.717) is 6.07 Å². The van der Waals surface area contributed by atoms with Crippen molar-refractivity contribution in [1.29, 1.82) is 0 Å². The number of rotatable bonds is 5. The summed E-state index contributed by atoms with van der Waals surface area (Å²) >= 11 is 0. The summed E-state index contributed by atoms with van der Waals surface area (Å²) in [6.07, 6.45) is -4.53. The fourth-order valence-corrected chi connectivity index (χ4v) is 2.81. The number of nitro benzene ring substituents is 1. The molecule has 1 aliphatic heterocycles. The maximum absolute atomic E-state index is 12.8. The molecule has 1 aliphatic rings. The van der Waals surface area contributed by atoms with E-state index in [-0.39, 0.29) is 56.6 Å². The van der Waals surface area contributed by atoms with Gasteiger partial charge < -0.3 is 15.1 Å². The fourth-order valence-electron chi connectivity index (χ4n) is 2.81. The van der Waals surface area contributed by atoms with E-state index in [1.165, 1.54) is 6.92 Å². The predicted octanol–water partition coefficient (Wildman–Crippen LogP) is 1.79. The van der Waals surface area contributed by atoms with Gasteiger partial charge in [0.1, 0.15) is 5.69 Å². The van der Waals surface area contributed by atoms with Gasteiger partial charge >= 0.3 is 6.18 Å². The highest BCUT2D eigenvalue weighted by atomic mass is 19.4. The first kappa shape index (κ1) is 20.5. The number of carbonyl (C=O) groups is 2. The summed E-state index contributed by atoms with van der Waals surface area (Å²) in [5, 5.41) is 13.7. The van der Waals surface area contributed by atoms with E-state index in [1.54, 1.807) is 9.80 Å². The molecule has 27 heavy (non-hydrogen) atoms. The molecule has 0 atom stereocenters.